The maximum absolute atomic E-state index is 12.3. The second-order valence-electron chi connectivity index (χ2n) is 5.11. The standard InChI is InChI=1S/C16H13N3O6/c1-24-14-8-10(19(22)23)6-7-11(14)17-15(20)9-18-12-4-2-3-5-13(12)25-16(18)21/h2-8H,9H2,1H3,(H,17,20). The Morgan fingerprint density at radius 3 is 2.80 bits per heavy atom. The van der Waals surface area contributed by atoms with E-state index in [1.165, 1.54) is 29.9 Å². The zero-order chi connectivity index (χ0) is 18.0. The molecular formula is C16H13N3O6. The van der Waals surface area contributed by atoms with Crippen molar-refractivity contribution in [1.82, 2.24) is 4.57 Å². The number of fused-ring (bicyclic) bond motifs is 1. The Morgan fingerprint density at radius 1 is 1.32 bits per heavy atom. The fourth-order valence-electron chi connectivity index (χ4n) is 2.39. The van der Waals surface area contributed by atoms with Crippen LogP contribution >= 0.6 is 0 Å². The molecule has 1 aromatic heterocycles. The Labute approximate surface area is 140 Å². The summed E-state index contributed by atoms with van der Waals surface area (Å²) in [6.45, 7) is -0.268. The molecule has 25 heavy (non-hydrogen) atoms. The molecule has 3 aromatic rings. The Kier molecular flexibility index (Phi) is 4.21. The number of methoxy groups -OCH3 is 1. The lowest BCUT2D eigenvalue weighted by Crippen LogP contribution is -2.24. The number of amides is 1. The Morgan fingerprint density at radius 2 is 2.08 bits per heavy atom. The van der Waals surface area contributed by atoms with Crippen molar-refractivity contribution in [3.05, 3.63) is 63.1 Å². The van der Waals surface area contributed by atoms with Crippen molar-refractivity contribution in [1.29, 1.82) is 0 Å². The molecule has 1 heterocycles. The first-order valence-corrected chi connectivity index (χ1v) is 7.20. The van der Waals surface area contributed by atoms with Crippen molar-refractivity contribution in [3.8, 4) is 5.75 Å². The predicted octanol–water partition coefficient (Wildman–Crippen LogP) is 2.15. The first-order chi connectivity index (χ1) is 12.0. The summed E-state index contributed by atoms with van der Waals surface area (Å²) in [6.07, 6.45) is 0. The van der Waals surface area contributed by atoms with Gasteiger partial charge in [0.2, 0.25) is 5.91 Å². The maximum Gasteiger partial charge on any atom is 0.420 e. The number of carbonyl (C=O) groups excluding carboxylic acids is 1. The molecular weight excluding hydrogens is 330 g/mol. The maximum atomic E-state index is 12.3. The van der Waals surface area contributed by atoms with E-state index >= 15 is 0 Å². The number of anilines is 1. The molecule has 0 radical (unpaired) electrons. The molecule has 0 bridgehead atoms. The summed E-state index contributed by atoms with van der Waals surface area (Å²) in [4.78, 5) is 34.4. The van der Waals surface area contributed by atoms with E-state index in [2.05, 4.69) is 5.32 Å². The van der Waals surface area contributed by atoms with Gasteiger partial charge in [-0.3, -0.25) is 19.5 Å². The summed E-state index contributed by atoms with van der Waals surface area (Å²) in [5.74, 6) is -1.00. The predicted molar refractivity (Wildman–Crippen MR) is 88.8 cm³/mol. The monoisotopic (exact) mass is 343 g/mol. The van der Waals surface area contributed by atoms with Crippen LogP contribution in [0.4, 0.5) is 11.4 Å². The first kappa shape index (κ1) is 16.2. The fraction of sp³-hybridized carbons (Fsp3) is 0.125. The quantitative estimate of drug-likeness (QED) is 0.560. The number of ether oxygens (including phenoxy) is 1. The average Bonchev–Trinajstić information content (AvgIpc) is 2.90. The van der Waals surface area contributed by atoms with Crippen LogP contribution < -0.4 is 15.8 Å². The summed E-state index contributed by atoms with van der Waals surface area (Å²) in [5.41, 5.74) is 0.984. The topological polar surface area (TPSA) is 117 Å². The van der Waals surface area contributed by atoms with Gasteiger partial charge in [-0.2, -0.15) is 0 Å². The normalized spacial score (nSPS) is 10.6. The highest BCUT2D eigenvalue weighted by Crippen LogP contribution is 2.29. The number of para-hydroxylation sites is 2. The number of nitro groups is 1. The van der Waals surface area contributed by atoms with Gasteiger partial charge in [0.25, 0.3) is 5.69 Å². The number of carbonyl (C=O) groups is 1. The van der Waals surface area contributed by atoms with E-state index in [0.29, 0.717) is 11.1 Å². The van der Waals surface area contributed by atoms with Crippen molar-refractivity contribution in [2.24, 2.45) is 0 Å². The number of benzene rings is 2. The summed E-state index contributed by atoms with van der Waals surface area (Å²) >= 11 is 0. The minimum absolute atomic E-state index is 0.145. The van der Waals surface area contributed by atoms with Gasteiger partial charge >= 0.3 is 5.76 Å². The molecule has 2 aromatic carbocycles. The van der Waals surface area contributed by atoms with Gasteiger partial charge < -0.3 is 14.5 Å². The summed E-state index contributed by atoms with van der Waals surface area (Å²) in [5, 5.41) is 13.4. The van der Waals surface area contributed by atoms with Crippen LogP contribution in [0.2, 0.25) is 0 Å². The van der Waals surface area contributed by atoms with Crippen LogP contribution in [0.3, 0.4) is 0 Å². The van der Waals surface area contributed by atoms with E-state index in [-0.39, 0.29) is 23.7 Å². The van der Waals surface area contributed by atoms with E-state index < -0.39 is 16.6 Å². The number of oxazole rings is 1. The van der Waals surface area contributed by atoms with E-state index in [0.717, 1.165) is 0 Å². The highest BCUT2D eigenvalue weighted by Gasteiger charge is 2.16. The zero-order valence-electron chi connectivity index (χ0n) is 13.1. The van der Waals surface area contributed by atoms with E-state index in [4.69, 9.17) is 9.15 Å². The number of hydrogen-bond donors (Lipinski definition) is 1. The molecule has 1 N–H and O–H groups in total. The molecule has 0 fully saturated rings. The molecule has 0 saturated carbocycles. The van der Waals surface area contributed by atoms with Crippen molar-refractivity contribution in [2.75, 3.05) is 12.4 Å². The highest BCUT2D eigenvalue weighted by molar-refractivity contribution is 5.93. The van der Waals surface area contributed by atoms with Crippen molar-refractivity contribution in [3.63, 3.8) is 0 Å². The van der Waals surface area contributed by atoms with Crippen LogP contribution in [-0.4, -0.2) is 22.5 Å². The summed E-state index contributed by atoms with van der Waals surface area (Å²) < 4.78 is 11.3. The highest BCUT2D eigenvalue weighted by atomic mass is 16.6. The second kappa shape index (κ2) is 6.48. The fourth-order valence-corrected chi connectivity index (χ4v) is 2.39. The number of hydrogen-bond acceptors (Lipinski definition) is 6. The summed E-state index contributed by atoms with van der Waals surface area (Å²) in [6, 6.07) is 10.6. The smallest absolute Gasteiger partial charge is 0.420 e. The number of aromatic nitrogens is 1. The van der Waals surface area contributed by atoms with Gasteiger partial charge in [0.15, 0.2) is 5.58 Å². The largest absolute Gasteiger partial charge is 0.494 e. The number of non-ortho nitro benzene ring substituents is 1. The zero-order valence-corrected chi connectivity index (χ0v) is 13.1. The molecule has 0 atom stereocenters. The Hall–Kier alpha value is -3.62. The van der Waals surface area contributed by atoms with Gasteiger partial charge in [0.1, 0.15) is 12.3 Å². The molecule has 9 nitrogen and oxygen atoms in total. The van der Waals surface area contributed by atoms with Crippen molar-refractivity contribution < 1.29 is 18.9 Å². The molecule has 0 unspecified atom stereocenters. The van der Waals surface area contributed by atoms with Crippen molar-refractivity contribution in [2.45, 2.75) is 6.54 Å². The van der Waals surface area contributed by atoms with Crippen LogP contribution in [0.25, 0.3) is 11.1 Å². The van der Waals surface area contributed by atoms with Gasteiger partial charge in [0.05, 0.1) is 29.3 Å². The third kappa shape index (κ3) is 3.20. The van der Waals surface area contributed by atoms with Gasteiger partial charge in [-0.1, -0.05) is 12.1 Å². The number of nitro benzene ring substituents is 1. The molecule has 0 spiro atoms. The Balaban J connectivity index is 1.84. The number of rotatable bonds is 5. The average molecular weight is 343 g/mol. The molecule has 3 rings (SSSR count). The molecule has 128 valence electrons. The second-order valence-corrected chi connectivity index (χ2v) is 5.11. The van der Waals surface area contributed by atoms with Crippen LogP contribution in [0.15, 0.2) is 51.7 Å². The summed E-state index contributed by atoms with van der Waals surface area (Å²) in [7, 11) is 1.34. The molecule has 1 amide bonds. The van der Waals surface area contributed by atoms with Crippen LogP contribution in [0, 0.1) is 10.1 Å². The van der Waals surface area contributed by atoms with Gasteiger partial charge in [-0.05, 0) is 18.2 Å². The molecule has 0 saturated heterocycles. The minimum atomic E-state index is -0.646. The van der Waals surface area contributed by atoms with E-state index in [1.54, 1.807) is 24.3 Å². The van der Waals surface area contributed by atoms with Gasteiger partial charge in [-0.25, -0.2) is 4.79 Å². The van der Waals surface area contributed by atoms with E-state index in [1.807, 2.05) is 0 Å². The van der Waals surface area contributed by atoms with E-state index in [9.17, 15) is 19.7 Å². The molecule has 0 aliphatic rings. The third-order valence-corrected chi connectivity index (χ3v) is 3.55. The molecule has 9 heteroatoms. The van der Waals surface area contributed by atoms with Gasteiger partial charge in [0, 0.05) is 6.07 Å². The minimum Gasteiger partial charge on any atom is -0.494 e. The SMILES string of the molecule is COc1cc([N+](=O)[O-])ccc1NC(=O)Cn1c(=O)oc2ccccc21. The Bertz CT molecular complexity index is 1020. The molecule has 0 aliphatic carbocycles. The van der Waals surface area contributed by atoms with Crippen LogP contribution in [0.5, 0.6) is 5.75 Å². The van der Waals surface area contributed by atoms with Crippen LogP contribution in [0.1, 0.15) is 0 Å². The van der Waals surface area contributed by atoms with Crippen LogP contribution in [-0.2, 0) is 11.3 Å². The van der Waals surface area contributed by atoms with Gasteiger partial charge in [-0.15, -0.1) is 0 Å². The first-order valence-electron chi connectivity index (χ1n) is 7.20. The lowest BCUT2D eigenvalue weighted by molar-refractivity contribution is -0.384. The lowest BCUT2D eigenvalue weighted by atomic mass is 10.2. The lowest BCUT2D eigenvalue weighted by Gasteiger charge is -2.10. The van der Waals surface area contributed by atoms with Crippen molar-refractivity contribution >= 4 is 28.4 Å². The molecule has 0 aliphatic heterocycles. The number of nitrogens with zero attached hydrogens (tertiary/aromatic N) is 2. The third-order valence-electron chi connectivity index (χ3n) is 3.55. The number of nitrogens with one attached hydrogen (secondary N) is 1.